The summed E-state index contributed by atoms with van der Waals surface area (Å²) in [6.45, 7) is 5.64. The van der Waals surface area contributed by atoms with Crippen molar-refractivity contribution in [1.82, 2.24) is 0 Å². The van der Waals surface area contributed by atoms with Crippen LogP contribution >= 0.6 is 11.6 Å². The van der Waals surface area contributed by atoms with Crippen molar-refractivity contribution in [2.45, 2.75) is 40.0 Å². The van der Waals surface area contributed by atoms with Gasteiger partial charge in [0.15, 0.2) is 5.78 Å². The molecule has 0 unspecified atom stereocenters. The lowest BCUT2D eigenvalue weighted by Gasteiger charge is -2.20. The second-order valence-electron chi connectivity index (χ2n) is 5.37. The van der Waals surface area contributed by atoms with Gasteiger partial charge in [0, 0.05) is 17.9 Å². The van der Waals surface area contributed by atoms with Crippen LogP contribution < -0.4 is 4.74 Å². The van der Waals surface area contributed by atoms with Gasteiger partial charge in [-0.2, -0.15) is 0 Å². The lowest BCUT2D eigenvalue weighted by atomic mass is 9.91. The van der Waals surface area contributed by atoms with Crippen molar-refractivity contribution in [3.63, 3.8) is 0 Å². The number of carbonyl (C=O) groups excluding carboxylic acids is 2. The van der Waals surface area contributed by atoms with E-state index in [1.165, 1.54) is 0 Å². The maximum absolute atomic E-state index is 11.9. The van der Waals surface area contributed by atoms with E-state index in [9.17, 15) is 9.59 Å². The van der Waals surface area contributed by atoms with Crippen molar-refractivity contribution in [2.75, 3.05) is 5.88 Å². The van der Waals surface area contributed by atoms with Gasteiger partial charge in [0.25, 0.3) is 0 Å². The molecule has 1 rings (SSSR count). The molecule has 4 heteroatoms. The molecule has 0 amide bonds. The summed E-state index contributed by atoms with van der Waals surface area (Å²) in [5.41, 5.74) is 0.110. The number of Topliss-reactive ketones (excluding diaryl/α,β-unsaturated/α-hetero) is 1. The highest BCUT2D eigenvalue weighted by Gasteiger charge is 2.27. The molecule has 20 heavy (non-hydrogen) atoms. The Morgan fingerprint density at radius 1 is 1.20 bits per heavy atom. The summed E-state index contributed by atoms with van der Waals surface area (Å²) < 4.78 is 5.31. The molecule has 0 bridgehead atoms. The maximum atomic E-state index is 11.9. The van der Waals surface area contributed by atoms with E-state index in [0.717, 1.165) is 0 Å². The standard InChI is InChI=1S/C16H21ClO3/c1-4-16(2,3)15(19)20-13-9-7-12(8-10-13)14(18)6-5-11-17/h7-10H,4-6,11H2,1-3H3. The lowest BCUT2D eigenvalue weighted by Crippen LogP contribution is -2.28. The smallest absolute Gasteiger partial charge is 0.316 e. The van der Waals surface area contributed by atoms with Crippen LogP contribution in [0.1, 0.15) is 50.4 Å². The predicted molar refractivity (Wildman–Crippen MR) is 80.4 cm³/mol. The molecule has 0 aliphatic carbocycles. The van der Waals surface area contributed by atoms with E-state index in [1.807, 2.05) is 20.8 Å². The first-order valence-electron chi connectivity index (χ1n) is 6.82. The number of halogens is 1. The van der Waals surface area contributed by atoms with Gasteiger partial charge in [-0.1, -0.05) is 6.92 Å². The number of esters is 1. The topological polar surface area (TPSA) is 43.4 Å². The minimum Gasteiger partial charge on any atom is -0.426 e. The van der Waals surface area contributed by atoms with E-state index >= 15 is 0 Å². The van der Waals surface area contributed by atoms with Gasteiger partial charge in [-0.05, 0) is 51.0 Å². The number of ether oxygens (including phenoxy) is 1. The largest absolute Gasteiger partial charge is 0.426 e. The number of benzene rings is 1. The molecule has 0 aliphatic heterocycles. The molecule has 0 heterocycles. The number of rotatable bonds is 7. The van der Waals surface area contributed by atoms with Crippen LogP contribution in [0, 0.1) is 5.41 Å². The molecule has 3 nitrogen and oxygen atoms in total. The Morgan fingerprint density at radius 2 is 1.80 bits per heavy atom. The fourth-order valence-electron chi connectivity index (χ4n) is 1.47. The molecule has 1 aromatic carbocycles. The van der Waals surface area contributed by atoms with Crippen LogP contribution in [0.3, 0.4) is 0 Å². The number of hydrogen-bond donors (Lipinski definition) is 0. The van der Waals surface area contributed by atoms with Crippen molar-refractivity contribution in [1.29, 1.82) is 0 Å². The van der Waals surface area contributed by atoms with Gasteiger partial charge in [0.05, 0.1) is 5.41 Å². The van der Waals surface area contributed by atoms with Crippen LogP contribution in [-0.4, -0.2) is 17.6 Å². The number of hydrogen-bond acceptors (Lipinski definition) is 3. The van der Waals surface area contributed by atoms with Crippen LogP contribution in [0.5, 0.6) is 5.75 Å². The molecular weight excluding hydrogens is 276 g/mol. The average molecular weight is 297 g/mol. The summed E-state index contributed by atoms with van der Waals surface area (Å²) in [5, 5.41) is 0. The van der Waals surface area contributed by atoms with Gasteiger partial charge >= 0.3 is 5.97 Å². The molecule has 0 atom stereocenters. The van der Waals surface area contributed by atoms with E-state index in [-0.39, 0.29) is 11.8 Å². The summed E-state index contributed by atoms with van der Waals surface area (Å²) in [6, 6.07) is 6.66. The Labute approximate surface area is 125 Å². The Hall–Kier alpha value is -1.35. The van der Waals surface area contributed by atoms with Crippen molar-refractivity contribution < 1.29 is 14.3 Å². The third-order valence-corrected chi connectivity index (χ3v) is 3.63. The van der Waals surface area contributed by atoms with Crippen molar-refractivity contribution in [3.8, 4) is 5.75 Å². The van der Waals surface area contributed by atoms with Crippen molar-refractivity contribution in [2.24, 2.45) is 5.41 Å². The zero-order chi connectivity index (χ0) is 15.2. The van der Waals surface area contributed by atoms with E-state index in [2.05, 4.69) is 0 Å². The average Bonchev–Trinajstić information content (AvgIpc) is 2.45. The minimum atomic E-state index is -0.505. The Kier molecular flexibility index (Phi) is 6.21. The summed E-state index contributed by atoms with van der Waals surface area (Å²) in [6.07, 6.45) is 1.81. The number of alkyl halides is 1. The second kappa shape index (κ2) is 7.44. The van der Waals surface area contributed by atoms with E-state index in [4.69, 9.17) is 16.3 Å². The third kappa shape index (κ3) is 4.64. The van der Waals surface area contributed by atoms with Crippen molar-refractivity contribution in [3.05, 3.63) is 29.8 Å². The van der Waals surface area contributed by atoms with Gasteiger partial charge in [-0.3, -0.25) is 9.59 Å². The van der Waals surface area contributed by atoms with Crippen LogP contribution in [0.4, 0.5) is 0 Å². The highest BCUT2D eigenvalue weighted by molar-refractivity contribution is 6.18. The zero-order valence-corrected chi connectivity index (χ0v) is 13.0. The first kappa shape index (κ1) is 16.7. The normalized spacial score (nSPS) is 11.2. The third-order valence-electron chi connectivity index (χ3n) is 3.36. The minimum absolute atomic E-state index is 0.0532. The van der Waals surface area contributed by atoms with Crippen LogP contribution in [0.2, 0.25) is 0 Å². The Bertz CT molecular complexity index is 463. The highest BCUT2D eigenvalue weighted by atomic mass is 35.5. The molecular formula is C16H21ClO3. The van der Waals surface area contributed by atoms with Crippen LogP contribution in [0.25, 0.3) is 0 Å². The summed E-state index contributed by atoms with van der Waals surface area (Å²) in [5.74, 6) is 0.733. The molecule has 0 N–H and O–H groups in total. The zero-order valence-electron chi connectivity index (χ0n) is 12.2. The molecule has 0 aliphatic rings. The molecule has 0 saturated carbocycles. The van der Waals surface area contributed by atoms with Gasteiger partial charge < -0.3 is 4.74 Å². The highest BCUT2D eigenvalue weighted by Crippen LogP contribution is 2.24. The van der Waals surface area contributed by atoms with Gasteiger partial charge in [-0.25, -0.2) is 0 Å². The first-order valence-corrected chi connectivity index (χ1v) is 7.35. The SMILES string of the molecule is CCC(C)(C)C(=O)Oc1ccc(C(=O)CCCCl)cc1. The monoisotopic (exact) mass is 296 g/mol. The summed E-state index contributed by atoms with van der Waals surface area (Å²) in [7, 11) is 0. The van der Waals surface area contributed by atoms with E-state index in [0.29, 0.717) is 36.5 Å². The maximum Gasteiger partial charge on any atom is 0.316 e. The van der Waals surface area contributed by atoms with Gasteiger partial charge in [0.1, 0.15) is 5.75 Å². The second-order valence-corrected chi connectivity index (χ2v) is 5.75. The molecule has 1 aromatic rings. The van der Waals surface area contributed by atoms with E-state index < -0.39 is 5.41 Å². The Morgan fingerprint density at radius 3 is 2.30 bits per heavy atom. The lowest BCUT2D eigenvalue weighted by molar-refractivity contribution is -0.144. The molecule has 0 fully saturated rings. The number of carbonyl (C=O) groups is 2. The van der Waals surface area contributed by atoms with Crippen molar-refractivity contribution >= 4 is 23.4 Å². The van der Waals surface area contributed by atoms with Crippen LogP contribution in [-0.2, 0) is 4.79 Å². The quantitative estimate of drug-likeness (QED) is 0.327. The fraction of sp³-hybridized carbons (Fsp3) is 0.500. The molecule has 0 spiro atoms. The molecule has 0 radical (unpaired) electrons. The fourth-order valence-corrected chi connectivity index (χ4v) is 1.60. The van der Waals surface area contributed by atoms with E-state index in [1.54, 1.807) is 24.3 Å². The number of ketones is 1. The predicted octanol–water partition coefficient (Wildman–Crippen LogP) is 4.23. The first-order chi connectivity index (χ1) is 9.40. The Balaban J connectivity index is 2.68. The molecule has 110 valence electrons. The summed E-state index contributed by atoms with van der Waals surface area (Å²) in [4.78, 5) is 23.7. The summed E-state index contributed by atoms with van der Waals surface area (Å²) >= 11 is 5.56. The molecule has 0 saturated heterocycles. The van der Waals surface area contributed by atoms with Gasteiger partial charge in [0.2, 0.25) is 0 Å². The van der Waals surface area contributed by atoms with Gasteiger partial charge in [-0.15, -0.1) is 11.6 Å². The van der Waals surface area contributed by atoms with Crippen LogP contribution in [0.15, 0.2) is 24.3 Å². The molecule has 0 aromatic heterocycles.